The first-order valence-corrected chi connectivity index (χ1v) is 4.59. The molecule has 0 aromatic rings. The first-order valence-electron chi connectivity index (χ1n) is 3.30. The molecule has 0 spiro atoms. The predicted molar refractivity (Wildman–Crippen MR) is 51.2 cm³/mol. The molecule has 56 valence electrons. The van der Waals surface area contributed by atoms with E-state index in [1.807, 2.05) is 13.0 Å². The van der Waals surface area contributed by atoms with Crippen molar-refractivity contribution in [3.63, 3.8) is 0 Å². The van der Waals surface area contributed by atoms with Gasteiger partial charge < -0.3 is 0 Å². The Hall–Kier alpha value is -0.430. The standard InChI is InChI=1S/C9H14S/c1-4-6-9(2)7-5-8-10-3/h4-8H,1-3H3/b6-4-,8-5+,9-7-. The molecule has 0 aliphatic carbocycles. The van der Waals surface area contributed by atoms with Gasteiger partial charge >= 0.3 is 0 Å². The fraction of sp³-hybridized carbons (Fsp3) is 0.333. The minimum absolute atomic E-state index is 1.28. The molecule has 0 rings (SSSR count). The van der Waals surface area contributed by atoms with E-state index in [1.54, 1.807) is 11.8 Å². The van der Waals surface area contributed by atoms with Crippen LogP contribution in [-0.2, 0) is 0 Å². The van der Waals surface area contributed by atoms with Gasteiger partial charge in [0.1, 0.15) is 0 Å². The van der Waals surface area contributed by atoms with E-state index in [0.717, 1.165) is 0 Å². The van der Waals surface area contributed by atoms with Crippen molar-refractivity contribution >= 4 is 11.8 Å². The van der Waals surface area contributed by atoms with E-state index in [9.17, 15) is 0 Å². The number of thioether (sulfide) groups is 1. The first kappa shape index (κ1) is 9.57. The molecule has 0 aliphatic rings. The number of hydrogen-bond donors (Lipinski definition) is 0. The highest BCUT2D eigenvalue weighted by atomic mass is 32.2. The van der Waals surface area contributed by atoms with Crippen molar-refractivity contribution in [1.29, 1.82) is 0 Å². The maximum Gasteiger partial charge on any atom is -0.0142 e. The maximum atomic E-state index is 2.09. The quantitative estimate of drug-likeness (QED) is 0.561. The molecule has 0 saturated heterocycles. The van der Waals surface area contributed by atoms with Crippen molar-refractivity contribution in [3.05, 3.63) is 35.3 Å². The van der Waals surface area contributed by atoms with Gasteiger partial charge in [0.05, 0.1) is 0 Å². The highest BCUT2D eigenvalue weighted by Crippen LogP contribution is 1.98. The third kappa shape index (κ3) is 5.70. The summed E-state index contributed by atoms with van der Waals surface area (Å²) in [4.78, 5) is 0. The Bertz CT molecular complexity index is 152. The molecule has 0 atom stereocenters. The highest BCUT2D eigenvalue weighted by molar-refractivity contribution is 8.01. The summed E-state index contributed by atoms with van der Waals surface area (Å²) >= 11 is 1.71. The minimum atomic E-state index is 1.28. The molecule has 0 aromatic carbocycles. The van der Waals surface area contributed by atoms with Crippen LogP contribution in [0.25, 0.3) is 0 Å². The van der Waals surface area contributed by atoms with E-state index in [-0.39, 0.29) is 0 Å². The number of allylic oxidation sites excluding steroid dienone is 5. The summed E-state index contributed by atoms with van der Waals surface area (Å²) < 4.78 is 0. The molecule has 10 heavy (non-hydrogen) atoms. The Balaban J connectivity index is 3.79. The average Bonchev–Trinajstić information content (AvgIpc) is 1.89. The van der Waals surface area contributed by atoms with Gasteiger partial charge in [-0.2, -0.15) is 0 Å². The largest absolute Gasteiger partial charge is 0.138 e. The zero-order valence-electron chi connectivity index (χ0n) is 6.79. The molecule has 1 heteroatoms. The Labute approximate surface area is 67.7 Å². The summed E-state index contributed by atoms with van der Waals surface area (Å²) in [5.74, 6) is 0. The molecule has 0 nitrogen and oxygen atoms in total. The second-order valence-electron chi connectivity index (χ2n) is 1.97. The molecular formula is C9H14S. The van der Waals surface area contributed by atoms with E-state index in [4.69, 9.17) is 0 Å². The minimum Gasteiger partial charge on any atom is -0.138 e. The van der Waals surface area contributed by atoms with E-state index < -0.39 is 0 Å². The van der Waals surface area contributed by atoms with Crippen LogP contribution in [0, 0.1) is 0 Å². The van der Waals surface area contributed by atoms with Crippen molar-refractivity contribution in [1.82, 2.24) is 0 Å². The van der Waals surface area contributed by atoms with Gasteiger partial charge in [0.25, 0.3) is 0 Å². The Morgan fingerprint density at radius 2 is 2.10 bits per heavy atom. The molecule has 0 fully saturated rings. The topological polar surface area (TPSA) is 0 Å². The summed E-state index contributed by atoms with van der Waals surface area (Å²) in [7, 11) is 0. The normalized spacial score (nSPS) is 13.7. The fourth-order valence-corrected chi connectivity index (χ4v) is 0.824. The molecule has 0 amide bonds. The van der Waals surface area contributed by atoms with Crippen molar-refractivity contribution in [2.45, 2.75) is 13.8 Å². The molecule has 0 bridgehead atoms. The molecule has 0 heterocycles. The Morgan fingerprint density at radius 1 is 1.40 bits per heavy atom. The summed E-state index contributed by atoms with van der Waals surface area (Å²) in [5.41, 5.74) is 1.28. The highest BCUT2D eigenvalue weighted by Gasteiger charge is 1.73. The van der Waals surface area contributed by atoms with Gasteiger partial charge in [-0.25, -0.2) is 0 Å². The second kappa shape index (κ2) is 6.69. The molecule has 0 saturated carbocycles. The lowest BCUT2D eigenvalue weighted by molar-refractivity contribution is 1.50. The Morgan fingerprint density at radius 3 is 2.60 bits per heavy atom. The van der Waals surface area contributed by atoms with Crippen LogP contribution in [0.15, 0.2) is 35.3 Å². The van der Waals surface area contributed by atoms with Gasteiger partial charge in [-0.05, 0) is 25.5 Å². The smallest absolute Gasteiger partial charge is 0.0142 e. The summed E-state index contributed by atoms with van der Waals surface area (Å²) in [6.45, 7) is 4.11. The fourth-order valence-electron chi connectivity index (χ4n) is 0.588. The lowest BCUT2D eigenvalue weighted by atomic mass is 10.2. The predicted octanol–water partition coefficient (Wildman–Crippen LogP) is 3.39. The van der Waals surface area contributed by atoms with Gasteiger partial charge in [0.2, 0.25) is 0 Å². The lowest BCUT2D eigenvalue weighted by Gasteiger charge is -1.84. The van der Waals surface area contributed by atoms with Crippen LogP contribution in [0.1, 0.15) is 13.8 Å². The molecule has 0 N–H and O–H groups in total. The van der Waals surface area contributed by atoms with Gasteiger partial charge in [0, 0.05) is 0 Å². The molecule has 0 radical (unpaired) electrons. The lowest BCUT2D eigenvalue weighted by Crippen LogP contribution is -1.62. The van der Waals surface area contributed by atoms with Crippen molar-refractivity contribution in [2.24, 2.45) is 0 Å². The number of rotatable bonds is 3. The van der Waals surface area contributed by atoms with Crippen LogP contribution in [0.4, 0.5) is 0 Å². The van der Waals surface area contributed by atoms with Crippen LogP contribution in [0.5, 0.6) is 0 Å². The van der Waals surface area contributed by atoms with Crippen LogP contribution < -0.4 is 0 Å². The van der Waals surface area contributed by atoms with E-state index in [0.29, 0.717) is 0 Å². The third-order valence-electron chi connectivity index (χ3n) is 1.00. The van der Waals surface area contributed by atoms with Crippen molar-refractivity contribution in [2.75, 3.05) is 6.26 Å². The van der Waals surface area contributed by atoms with Gasteiger partial charge in [-0.15, -0.1) is 11.8 Å². The molecule has 0 aromatic heterocycles. The maximum absolute atomic E-state index is 2.09. The van der Waals surface area contributed by atoms with Crippen LogP contribution in [-0.4, -0.2) is 6.26 Å². The number of hydrogen-bond acceptors (Lipinski definition) is 1. The molecular weight excluding hydrogens is 140 g/mol. The van der Waals surface area contributed by atoms with E-state index >= 15 is 0 Å². The average molecular weight is 154 g/mol. The van der Waals surface area contributed by atoms with Gasteiger partial charge in [-0.1, -0.05) is 29.9 Å². The SMILES string of the molecule is C\C=C/C(C)=C\C=C\SC. The van der Waals surface area contributed by atoms with Crippen molar-refractivity contribution in [3.8, 4) is 0 Å². The molecule has 0 aliphatic heterocycles. The zero-order chi connectivity index (χ0) is 7.82. The summed E-state index contributed by atoms with van der Waals surface area (Å²) in [6, 6.07) is 0. The summed E-state index contributed by atoms with van der Waals surface area (Å²) in [6.07, 6.45) is 10.3. The molecule has 0 unspecified atom stereocenters. The zero-order valence-corrected chi connectivity index (χ0v) is 7.61. The van der Waals surface area contributed by atoms with Crippen LogP contribution in [0.2, 0.25) is 0 Å². The van der Waals surface area contributed by atoms with Crippen LogP contribution >= 0.6 is 11.8 Å². The third-order valence-corrected chi connectivity index (χ3v) is 1.43. The Kier molecular flexibility index (Phi) is 6.40. The van der Waals surface area contributed by atoms with Gasteiger partial charge in [-0.3, -0.25) is 0 Å². The van der Waals surface area contributed by atoms with Gasteiger partial charge in [0.15, 0.2) is 0 Å². The van der Waals surface area contributed by atoms with E-state index in [1.165, 1.54) is 5.57 Å². The van der Waals surface area contributed by atoms with E-state index in [2.05, 4.69) is 36.8 Å². The first-order chi connectivity index (χ1) is 4.81. The second-order valence-corrected chi connectivity index (χ2v) is 2.72. The monoisotopic (exact) mass is 154 g/mol. The van der Waals surface area contributed by atoms with Crippen LogP contribution in [0.3, 0.4) is 0 Å². The summed E-state index contributed by atoms with van der Waals surface area (Å²) in [5, 5.41) is 2.06. The van der Waals surface area contributed by atoms with Crippen molar-refractivity contribution < 1.29 is 0 Å².